The normalized spacial score (nSPS) is 11.4. The van der Waals surface area contributed by atoms with Crippen LogP contribution in [-0.4, -0.2) is 14.8 Å². The van der Waals surface area contributed by atoms with E-state index in [-0.39, 0.29) is 0 Å². The molecule has 0 saturated carbocycles. The van der Waals surface area contributed by atoms with Gasteiger partial charge in [-0.05, 0) is 45.0 Å². The highest BCUT2D eigenvalue weighted by atomic mass is 32.1. The summed E-state index contributed by atoms with van der Waals surface area (Å²) in [7, 11) is 0. The van der Waals surface area contributed by atoms with Crippen LogP contribution in [-0.2, 0) is 6.42 Å². The van der Waals surface area contributed by atoms with Gasteiger partial charge in [0, 0.05) is 21.9 Å². The first-order valence-electron chi connectivity index (χ1n) is 5.80. The van der Waals surface area contributed by atoms with E-state index < -0.39 is 0 Å². The van der Waals surface area contributed by atoms with Gasteiger partial charge in [-0.1, -0.05) is 6.92 Å². The van der Waals surface area contributed by atoms with Gasteiger partial charge in [0.05, 0.1) is 0 Å². The van der Waals surface area contributed by atoms with Gasteiger partial charge in [0.1, 0.15) is 0 Å². The molecular weight excluding hydrogens is 250 g/mol. The summed E-state index contributed by atoms with van der Waals surface area (Å²) in [5, 5.41) is 9.46. The smallest absolute Gasteiger partial charge is 0.195 e. The molecule has 3 nitrogen and oxygen atoms in total. The van der Waals surface area contributed by atoms with Gasteiger partial charge >= 0.3 is 0 Å². The molecule has 1 N–H and O–H groups in total. The van der Waals surface area contributed by atoms with Gasteiger partial charge < -0.3 is 0 Å². The van der Waals surface area contributed by atoms with Crippen molar-refractivity contribution in [2.75, 3.05) is 0 Å². The molecule has 0 bridgehead atoms. The molecule has 17 heavy (non-hydrogen) atoms. The van der Waals surface area contributed by atoms with E-state index in [9.17, 15) is 0 Å². The Balaban J connectivity index is 2.65. The van der Waals surface area contributed by atoms with E-state index in [1.807, 2.05) is 0 Å². The standard InChI is InChI=1S/C12H17N3S2/c1-5-9-8(4)17-6-10(9)11-13-14-12(16)15(11)7(2)3/h6-7H,5H2,1-4H3,(H,14,16). The Hall–Kier alpha value is -0.940. The molecule has 2 rings (SSSR count). The number of hydrogen-bond donors (Lipinski definition) is 1. The summed E-state index contributed by atoms with van der Waals surface area (Å²) in [6.07, 6.45) is 1.03. The number of aromatic amines is 1. The second kappa shape index (κ2) is 4.74. The predicted molar refractivity (Wildman–Crippen MR) is 75.2 cm³/mol. The zero-order valence-electron chi connectivity index (χ0n) is 10.6. The average molecular weight is 267 g/mol. The van der Waals surface area contributed by atoms with Gasteiger partial charge in [0.15, 0.2) is 10.6 Å². The maximum atomic E-state index is 5.28. The van der Waals surface area contributed by atoms with Crippen LogP contribution in [0.4, 0.5) is 0 Å². The van der Waals surface area contributed by atoms with Crippen LogP contribution in [0.1, 0.15) is 37.3 Å². The Morgan fingerprint density at radius 1 is 1.53 bits per heavy atom. The highest BCUT2D eigenvalue weighted by Gasteiger charge is 2.16. The summed E-state index contributed by atoms with van der Waals surface area (Å²) < 4.78 is 2.77. The number of hydrogen-bond acceptors (Lipinski definition) is 3. The summed E-state index contributed by atoms with van der Waals surface area (Å²) in [6.45, 7) is 8.59. The van der Waals surface area contributed by atoms with E-state index in [0.29, 0.717) is 10.8 Å². The number of thiophene rings is 1. The van der Waals surface area contributed by atoms with Crippen LogP contribution < -0.4 is 0 Å². The van der Waals surface area contributed by atoms with Crippen molar-refractivity contribution in [3.05, 3.63) is 20.6 Å². The zero-order chi connectivity index (χ0) is 12.6. The summed E-state index contributed by atoms with van der Waals surface area (Å²) in [5.41, 5.74) is 2.60. The minimum atomic E-state index is 0.321. The number of nitrogens with one attached hydrogen (secondary N) is 1. The third kappa shape index (κ3) is 2.09. The van der Waals surface area contributed by atoms with Crippen molar-refractivity contribution in [3.8, 4) is 11.4 Å². The van der Waals surface area contributed by atoms with Crippen molar-refractivity contribution < 1.29 is 0 Å². The largest absolute Gasteiger partial charge is 0.298 e. The maximum absolute atomic E-state index is 5.28. The van der Waals surface area contributed by atoms with E-state index in [0.717, 1.165) is 12.2 Å². The van der Waals surface area contributed by atoms with Crippen LogP contribution in [0.2, 0.25) is 0 Å². The van der Waals surface area contributed by atoms with Gasteiger partial charge in [-0.2, -0.15) is 5.10 Å². The first-order chi connectivity index (χ1) is 8.06. The Bertz CT molecular complexity index is 575. The van der Waals surface area contributed by atoms with Gasteiger partial charge in [0.2, 0.25) is 0 Å². The molecule has 0 amide bonds. The van der Waals surface area contributed by atoms with E-state index in [1.165, 1.54) is 16.0 Å². The molecule has 0 saturated heterocycles. The highest BCUT2D eigenvalue weighted by molar-refractivity contribution is 7.71. The minimum absolute atomic E-state index is 0.321. The molecular formula is C12H17N3S2. The second-order valence-corrected chi connectivity index (χ2v) is 5.82. The van der Waals surface area contributed by atoms with Crippen LogP contribution in [0.5, 0.6) is 0 Å². The fourth-order valence-electron chi connectivity index (χ4n) is 2.08. The zero-order valence-corrected chi connectivity index (χ0v) is 12.2. The van der Waals surface area contributed by atoms with Crippen LogP contribution in [0.25, 0.3) is 11.4 Å². The molecule has 0 fully saturated rings. The molecule has 2 aromatic rings. The van der Waals surface area contributed by atoms with Crippen molar-refractivity contribution in [2.24, 2.45) is 0 Å². The quantitative estimate of drug-likeness (QED) is 0.849. The lowest BCUT2D eigenvalue weighted by Crippen LogP contribution is -2.03. The molecule has 0 aliphatic carbocycles. The molecule has 0 aromatic carbocycles. The fraction of sp³-hybridized carbons (Fsp3) is 0.500. The molecule has 5 heteroatoms. The molecule has 0 aliphatic rings. The molecule has 0 spiro atoms. The molecule has 0 unspecified atom stereocenters. The monoisotopic (exact) mass is 267 g/mol. The van der Waals surface area contributed by atoms with Crippen molar-refractivity contribution in [1.29, 1.82) is 0 Å². The number of rotatable bonds is 3. The topological polar surface area (TPSA) is 33.6 Å². The number of H-pyrrole nitrogens is 1. The van der Waals surface area contributed by atoms with E-state index in [4.69, 9.17) is 12.2 Å². The van der Waals surface area contributed by atoms with Gasteiger partial charge in [-0.15, -0.1) is 11.3 Å². The minimum Gasteiger partial charge on any atom is -0.298 e. The molecule has 2 aromatic heterocycles. The Morgan fingerprint density at radius 3 is 2.82 bits per heavy atom. The third-order valence-corrected chi connectivity index (χ3v) is 4.16. The third-order valence-electron chi connectivity index (χ3n) is 2.92. The average Bonchev–Trinajstić information content (AvgIpc) is 2.81. The maximum Gasteiger partial charge on any atom is 0.195 e. The Morgan fingerprint density at radius 2 is 2.24 bits per heavy atom. The van der Waals surface area contributed by atoms with Crippen molar-refractivity contribution in [2.45, 2.75) is 40.2 Å². The van der Waals surface area contributed by atoms with Crippen LogP contribution in [0.15, 0.2) is 5.38 Å². The molecule has 92 valence electrons. The SMILES string of the molecule is CCc1c(-c2n[nH]c(=S)n2C(C)C)csc1C. The first-order valence-corrected chi connectivity index (χ1v) is 7.09. The lowest BCUT2D eigenvalue weighted by molar-refractivity contribution is 0.597. The van der Waals surface area contributed by atoms with E-state index in [2.05, 4.69) is 47.8 Å². The molecule has 2 heterocycles. The second-order valence-electron chi connectivity index (χ2n) is 4.35. The number of nitrogens with zero attached hydrogens (tertiary/aromatic N) is 2. The molecule has 0 radical (unpaired) electrons. The summed E-state index contributed by atoms with van der Waals surface area (Å²) in [5.74, 6) is 0.964. The highest BCUT2D eigenvalue weighted by Crippen LogP contribution is 2.31. The van der Waals surface area contributed by atoms with Crippen molar-refractivity contribution in [3.63, 3.8) is 0 Å². The number of aromatic nitrogens is 3. The van der Waals surface area contributed by atoms with Crippen molar-refractivity contribution in [1.82, 2.24) is 14.8 Å². The lowest BCUT2D eigenvalue weighted by Gasteiger charge is -2.10. The predicted octanol–water partition coefficient (Wildman–Crippen LogP) is 4.12. The van der Waals surface area contributed by atoms with Gasteiger partial charge in [-0.3, -0.25) is 9.67 Å². The van der Waals surface area contributed by atoms with E-state index >= 15 is 0 Å². The van der Waals surface area contributed by atoms with E-state index in [1.54, 1.807) is 11.3 Å². The van der Waals surface area contributed by atoms with Crippen LogP contribution in [0.3, 0.4) is 0 Å². The van der Waals surface area contributed by atoms with Crippen LogP contribution >= 0.6 is 23.6 Å². The Kier molecular flexibility index (Phi) is 3.49. The lowest BCUT2D eigenvalue weighted by atomic mass is 10.1. The first kappa shape index (κ1) is 12.5. The summed E-state index contributed by atoms with van der Waals surface area (Å²) >= 11 is 7.06. The van der Waals surface area contributed by atoms with Gasteiger partial charge in [-0.25, -0.2) is 0 Å². The summed E-state index contributed by atoms with van der Waals surface area (Å²) in [6, 6.07) is 0.321. The number of aryl methyl sites for hydroxylation is 1. The summed E-state index contributed by atoms with van der Waals surface area (Å²) in [4.78, 5) is 1.37. The Labute approximate surface area is 111 Å². The van der Waals surface area contributed by atoms with Crippen LogP contribution in [0, 0.1) is 11.7 Å². The fourth-order valence-corrected chi connectivity index (χ4v) is 3.36. The molecule has 0 atom stereocenters. The van der Waals surface area contributed by atoms with Gasteiger partial charge in [0.25, 0.3) is 0 Å². The van der Waals surface area contributed by atoms with Crippen molar-refractivity contribution >= 4 is 23.6 Å². The molecule has 0 aliphatic heterocycles.